The van der Waals surface area contributed by atoms with Gasteiger partial charge in [-0.2, -0.15) is 0 Å². The molecule has 0 bridgehead atoms. The first kappa shape index (κ1) is 12.8. The van der Waals surface area contributed by atoms with Gasteiger partial charge in [-0.05, 0) is 29.9 Å². The van der Waals surface area contributed by atoms with Gasteiger partial charge >= 0.3 is 0 Å². The molecule has 1 aromatic heterocycles. The van der Waals surface area contributed by atoms with Gasteiger partial charge in [0.25, 0.3) is 0 Å². The second-order valence-corrected chi connectivity index (χ2v) is 4.97. The summed E-state index contributed by atoms with van der Waals surface area (Å²) in [4.78, 5) is 4.23. The maximum atomic E-state index is 5.83. The van der Waals surface area contributed by atoms with E-state index in [9.17, 15) is 0 Å². The number of hydrogen-bond acceptors (Lipinski definition) is 3. The number of pyridine rings is 1. The summed E-state index contributed by atoms with van der Waals surface area (Å²) in [6.45, 7) is 9.96. The molecule has 0 saturated heterocycles. The van der Waals surface area contributed by atoms with E-state index in [0.717, 1.165) is 12.4 Å². The zero-order valence-corrected chi connectivity index (χ0v) is 10.7. The van der Waals surface area contributed by atoms with Crippen LogP contribution >= 0.6 is 0 Å². The Kier molecular flexibility index (Phi) is 4.59. The van der Waals surface area contributed by atoms with E-state index in [-0.39, 0.29) is 0 Å². The van der Waals surface area contributed by atoms with Crippen LogP contribution in [0.4, 0.5) is 11.5 Å². The van der Waals surface area contributed by atoms with E-state index in [1.54, 1.807) is 6.20 Å². The molecule has 0 amide bonds. The molecule has 0 spiro atoms. The molecular formula is C13H23N3. The summed E-state index contributed by atoms with van der Waals surface area (Å²) in [5, 5.41) is 3.34. The number of nitrogen functional groups attached to an aromatic ring is 1. The van der Waals surface area contributed by atoms with E-state index >= 15 is 0 Å². The summed E-state index contributed by atoms with van der Waals surface area (Å²) in [7, 11) is 0. The number of rotatable bonds is 5. The van der Waals surface area contributed by atoms with E-state index in [2.05, 4.69) is 38.0 Å². The average Bonchev–Trinajstić information content (AvgIpc) is 2.20. The molecule has 0 radical (unpaired) electrons. The second-order valence-electron chi connectivity index (χ2n) is 4.97. The van der Waals surface area contributed by atoms with Crippen LogP contribution in [0, 0.1) is 17.8 Å². The van der Waals surface area contributed by atoms with Crippen molar-refractivity contribution in [1.82, 2.24) is 4.98 Å². The second kappa shape index (κ2) is 5.73. The minimum atomic E-state index is 0.640. The molecule has 0 aliphatic heterocycles. The van der Waals surface area contributed by atoms with Crippen LogP contribution in [-0.2, 0) is 0 Å². The van der Waals surface area contributed by atoms with Crippen LogP contribution in [0.15, 0.2) is 18.3 Å². The van der Waals surface area contributed by atoms with Crippen LogP contribution in [0.25, 0.3) is 0 Å². The molecule has 1 aromatic rings. The molecule has 0 saturated carbocycles. The van der Waals surface area contributed by atoms with Crippen LogP contribution in [-0.4, -0.2) is 11.5 Å². The molecule has 0 atom stereocenters. The highest BCUT2D eigenvalue weighted by atomic mass is 15.0. The van der Waals surface area contributed by atoms with Gasteiger partial charge in [0.15, 0.2) is 0 Å². The van der Waals surface area contributed by atoms with Gasteiger partial charge in [0.1, 0.15) is 5.82 Å². The highest BCUT2D eigenvalue weighted by molar-refractivity contribution is 5.60. The molecule has 3 nitrogen and oxygen atoms in total. The lowest BCUT2D eigenvalue weighted by atomic mass is 9.85. The minimum Gasteiger partial charge on any atom is -0.396 e. The number of nitrogens with zero attached hydrogens (tertiary/aromatic N) is 1. The smallest absolute Gasteiger partial charge is 0.149 e. The van der Waals surface area contributed by atoms with E-state index in [0.29, 0.717) is 23.4 Å². The Morgan fingerprint density at radius 1 is 1.25 bits per heavy atom. The molecule has 3 N–H and O–H groups in total. The summed E-state index contributed by atoms with van der Waals surface area (Å²) in [6, 6.07) is 3.72. The highest BCUT2D eigenvalue weighted by Gasteiger charge is 2.17. The lowest BCUT2D eigenvalue weighted by molar-refractivity contribution is 0.304. The summed E-state index contributed by atoms with van der Waals surface area (Å²) in [6.07, 6.45) is 1.76. The molecular weight excluding hydrogens is 198 g/mol. The van der Waals surface area contributed by atoms with Crippen molar-refractivity contribution in [3.63, 3.8) is 0 Å². The maximum Gasteiger partial charge on any atom is 0.149 e. The molecule has 1 heterocycles. The van der Waals surface area contributed by atoms with Gasteiger partial charge in [-0.15, -0.1) is 0 Å². The monoisotopic (exact) mass is 221 g/mol. The van der Waals surface area contributed by atoms with Crippen LogP contribution in [0.2, 0.25) is 0 Å². The normalized spacial score (nSPS) is 11.4. The first-order chi connectivity index (χ1) is 7.52. The fourth-order valence-corrected chi connectivity index (χ4v) is 2.02. The fraction of sp³-hybridized carbons (Fsp3) is 0.615. The highest BCUT2D eigenvalue weighted by Crippen LogP contribution is 2.22. The van der Waals surface area contributed by atoms with Crippen molar-refractivity contribution in [2.45, 2.75) is 27.7 Å². The number of hydrogen-bond donors (Lipinski definition) is 2. The van der Waals surface area contributed by atoms with E-state index < -0.39 is 0 Å². The van der Waals surface area contributed by atoms with Crippen molar-refractivity contribution in [3.8, 4) is 0 Å². The lowest BCUT2D eigenvalue weighted by Crippen LogP contribution is -2.25. The zero-order valence-electron chi connectivity index (χ0n) is 10.7. The first-order valence-electron chi connectivity index (χ1n) is 5.96. The molecule has 0 fully saturated rings. The van der Waals surface area contributed by atoms with Crippen molar-refractivity contribution in [2.75, 3.05) is 17.6 Å². The Bertz CT molecular complexity index is 313. The summed E-state index contributed by atoms with van der Waals surface area (Å²) in [5.74, 6) is 2.77. The predicted octanol–water partition coefficient (Wildman–Crippen LogP) is 3.00. The van der Waals surface area contributed by atoms with Gasteiger partial charge < -0.3 is 11.1 Å². The molecule has 90 valence electrons. The van der Waals surface area contributed by atoms with Crippen LogP contribution in [0.3, 0.4) is 0 Å². The van der Waals surface area contributed by atoms with Gasteiger partial charge in [-0.3, -0.25) is 0 Å². The summed E-state index contributed by atoms with van der Waals surface area (Å²) in [5.41, 5.74) is 6.55. The first-order valence-corrected chi connectivity index (χ1v) is 5.96. The Morgan fingerprint density at radius 2 is 1.88 bits per heavy atom. The Balaban J connectivity index is 2.59. The largest absolute Gasteiger partial charge is 0.396 e. The van der Waals surface area contributed by atoms with Crippen LogP contribution in [0.1, 0.15) is 27.7 Å². The molecule has 16 heavy (non-hydrogen) atoms. The molecule has 3 heteroatoms. The van der Waals surface area contributed by atoms with E-state index in [4.69, 9.17) is 5.73 Å². The Hall–Kier alpha value is -1.25. The summed E-state index contributed by atoms with van der Waals surface area (Å²) < 4.78 is 0. The standard InChI is InChI=1S/C13H23N3/c1-9(2)11(10(3)4)8-16-13-12(14)6-5-7-15-13/h5-7,9-11H,8,14H2,1-4H3,(H,15,16). The van der Waals surface area contributed by atoms with E-state index in [1.165, 1.54) is 0 Å². The quantitative estimate of drug-likeness (QED) is 0.803. The van der Waals surface area contributed by atoms with E-state index in [1.807, 2.05) is 12.1 Å². The zero-order chi connectivity index (χ0) is 12.1. The third-order valence-corrected chi connectivity index (χ3v) is 3.06. The van der Waals surface area contributed by atoms with Crippen LogP contribution < -0.4 is 11.1 Å². The van der Waals surface area contributed by atoms with Gasteiger partial charge in [-0.25, -0.2) is 4.98 Å². The molecule has 0 aromatic carbocycles. The Labute approximate surface area is 98.5 Å². The van der Waals surface area contributed by atoms with Crippen molar-refractivity contribution in [1.29, 1.82) is 0 Å². The van der Waals surface area contributed by atoms with Gasteiger partial charge in [-0.1, -0.05) is 27.7 Å². The number of anilines is 2. The SMILES string of the molecule is CC(C)C(CNc1ncccc1N)C(C)C. The Morgan fingerprint density at radius 3 is 2.38 bits per heavy atom. The van der Waals surface area contributed by atoms with Crippen molar-refractivity contribution in [3.05, 3.63) is 18.3 Å². The molecule has 0 unspecified atom stereocenters. The van der Waals surface area contributed by atoms with Gasteiger partial charge in [0, 0.05) is 12.7 Å². The fourth-order valence-electron chi connectivity index (χ4n) is 2.02. The third kappa shape index (κ3) is 3.40. The topological polar surface area (TPSA) is 50.9 Å². The van der Waals surface area contributed by atoms with Crippen molar-refractivity contribution >= 4 is 11.5 Å². The maximum absolute atomic E-state index is 5.83. The summed E-state index contributed by atoms with van der Waals surface area (Å²) >= 11 is 0. The molecule has 1 rings (SSSR count). The predicted molar refractivity (Wildman–Crippen MR) is 70.3 cm³/mol. The third-order valence-electron chi connectivity index (χ3n) is 3.06. The number of aromatic nitrogens is 1. The van der Waals surface area contributed by atoms with Gasteiger partial charge in [0.05, 0.1) is 5.69 Å². The molecule has 0 aliphatic rings. The number of nitrogens with two attached hydrogens (primary N) is 1. The average molecular weight is 221 g/mol. The van der Waals surface area contributed by atoms with Gasteiger partial charge in [0.2, 0.25) is 0 Å². The van der Waals surface area contributed by atoms with Crippen molar-refractivity contribution < 1.29 is 0 Å². The van der Waals surface area contributed by atoms with Crippen LogP contribution in [0.5, 0.6) is 0 Å². The van der Waals surface area contributed by atoms with Crippen molar-refractivity contribution in [2.24, 2.45) is 17.8 Å². The number of nitrogens with one attached hydrogen (secondary N) is 1. The minimum absolute atomic E-state index is 0.640. The molecule has 0 aliphatic carbocycles. The lowest BCUT2D eigenvalue weighted by Gasteiger charge is -2.25.